The predicted molar refractivity (Wildman–Crippen MR) is 51.0 cm³/mol. The van der Waals surface area contributed by atoms with Crippen LogP contribution in [0.15, 0.2) is 4.99 Å². The van der Waals surface area contributed by atoms with E-state index in [4.69, 9.17) is 9.47 Å². The van der Waals surface area contributed by atoms with E-state index in [2.05, 4.69) is 32.7 Å². The van der Waals surface area contributed by atoms with Crippen molar-refractivity contribution in [3.63, 3.8) is 0 Å². The lowest BCUT2D eigenvalue weighted by atomic mass is 10.1. The Morgan fingerprint density at radius 3 is 2.54 bits per heavy atom. The minimum Gasteiger partial charge on any atom is -0.476 e. The Kier molecular flexibility index (Phi) is 1.88. The first-order valence-corrected chi connectivity index (χ1v) is 4.88. The zero-order valence-corrected chi connectivity index (χ0v) is 8.70. The summed E-state index contributed by atoms with van der Waals surface area (Å²) in [5.74, 6) is 1.36. The van der Waals surface area contributed by atoms with Gasteiger partial charge in [-0.25, -0.2) is 4.99 Å². The Hall–Kier alpha value is -0.570. The Balaban J connectivity index is 1.99. The maximum absolute atomic E-state index is 5.50. The van der Waals surface area contributed by atoms with Gasteiger partial charge in [0.1, 0.15) is 6.61 Å². The van der Waals surface area contributed by atoms with Crippen LogP contribution in [0.5, 0.6) is 0 Å². The molecule has 0 spiro atoms. The van der Waals surface area contributed by atoms with Gasteiger partial charge in [0.05, 0.1) is 11.6 Å². The number of epoxide rings is 1. The molecule has 0 unspecified atom stereocenters. The number of hydrogen-bond donors (Lipinski definition) is 0. The molecule has 0 saturated carbocycles. The summed E-state index contributed by atoms with van der Waals surface area (Å²) in [4.78, 5) is 4.48. The zero-order chi connectivity index (χ0) is 9.64. The van der Waals surface area contributed by atoms with Crippen LogP contribution in [-0.2, 0) is 9.47 Å². The van der Waals surface area contributed by atoms with Crippen molar-refractivity contribution >= 4 is 5.90 Å². The molecular formula is C10H17NO2. The Labute approximate surface area is 79.1 Å². The van der Waals surface area contributed by atoms with E-state index >= 15 is 0 Å². The summed E-state index contributed by atoms with van der Waals surface area (Å²) in [6.07, 6.45) is 0.467. The second kappa shape index (κ2) is 2.71. The van der Waals surface area contributed by atoms with Crippen molar-refractivity contribution in [2.24, 2.45) is 10.9 Å². The molecule has 1 saturated heterocycles. The van der Waals surface area contributed by atoms with E-state index in [0.29, 0.717) is 18.6 Å². The van der Waals surface area contributed by atoms with Gasteiger partial charge in [0, 0.05) is 0 Å². The smallest absolute Gasteiger partial charge is 0.216 e. The van der Waals surface area contributed by atoms with Crippen LogP contribution in [0.1, 0.15) is 27.7 Å². The van der Waals surface area contributed by atoms with Crippen molar-refractivity contribution in [2.75, 3.05) is 6.61 Å². The fourth-order valence-corrected chi connectivity index (χ4v) is 1.59. The van der Waals surface area contributed by atoms with Crippen molar-refractivity contribution in [1.29, 1.82) is 0 Å². The average Bonchev–Trinajstić information content (AvgIpc) is 2.71. The molecule has 2 aliphatic rings. The van der Waals surface area contributed by atoms with Gasteiger partial charge in [-0.1, -0.05) is 13.8 Å². The number of aliphatic imine (C=N–C) groups is 1. The summed E-state index contributed by atoms with van der Waals surface area (Å²) in [5.41, 5.74) is -0.0528. The summed E-state index contributed by atoms with van der Waals surface area (Å²) in [6.45, 7) is 9.16. The van der Waals surface area contributed by atoms with Crippen LogP contribution in [0.25, 0.3) is 0 Å². The van der Waals surface area contributed by atoms with Gasteiger partial charge < -0.3 is 9.47 Å². The van der Waals surface area contributed by atoms with Gasteiger partial charge >= 0.3 is 0 Å². The van der Waals surface area contributed by atoms with Crippen LogP contribution in [0.2, 0.25) is 0 Å². The van der Waals surface area contributed by atoms with E-state index in [-0.39, 0.29) is 11.6 Å². The highest BCUT2D eigenvalue weighted by molar-refractivity contribution is 5.85. The minimum absolute atomic E-state index is 0.0528. The second-order valence-corrected chi connectivity index (χ2v) is 4.82. The maximum Gasteiger partial charge on any atom is 0.216 e. The predicted octanol–water partition coefficient (Wildman–Crippen LogP) is 1.62. The molecule has 0 aromatic rings. The number of hydrogen-bond acceptors (Lipinski definition) is 3. The lowest BCUT2D eigenvalue weighted by molar-refractivity contribution is 0.265. The summed E-state index contributed by atoms with van der Waals surface area (Å²) < 4.78 is 11.0. The Morgan fingerprint density at radius 1 is 1.46 bits per heavy atom. The molecular weight excluding hydrogens is 166 g/mol. The minimum atomic E-state index is -0.0528. The van der Waals surface area contributed by atoms with E-state index in [1.54, 1.807) is 0 Å². The first-order valence-electron chi connectivity index (χ1n) is 4.88. The van der Waals surface area contributed by atoms with Crippen molar-refractivity contribution < 1.29 is 9.47 Å². The molecule has 0 aromatic carbocycles. The Bertz CT molecular complexity index is 245. The lowest BCUT2D eigenvalue weighted by Gasteiger charge is -2.07. The molecule has 2 rings (SSSR count). The van der Waals surface area contributed by atoms with E-state index in [1.807, 2.05) is 0 Å². The third-order valence-corrected chi connectivity index (χ3v) is 2.41. The highest BCUT2D eigenvalue weighted by Gasteiger charge is 2.48. The summed E-state index contributed by atoms with van der Waals surface area (Å²) in [6, 6.07) is 0. The van der Waals surface area contributed by atoms with Crippen molar-refractivity contribution in [1.82, 2.24) is 0 Å². The lowest BCUT2D eigenvalue weighted by Crippen LogP contribution is -2.17. The number of nitrogens with zero attached hydrogens (tertiary/aromatic N) is 1. The van der Waals surface area contributed by atoms with Gasteiger partial charge in [0.25, 0.3) is 0 Å². The molecule has 13 heavy (non-hydrogen) atoms. The highest BCUT2D eigenvalue weighted by Crippen LogP contribution is 2.33. The van der Waals surface area contributed by atoms with Crippen molar-refractivity contribution in [3.05, 3.63) is 0 Å². The van der Waals surface area contributed by atoms with Gasteiger partial charge in [0.2, 0.25) is 5.90 Å². The van der Waals surface area contributed by atoms with Crippen LogP contribution in [0, 0.1) is 5.92 Å². The monoisotopic (exact) mass is 183 g/mol. The van der Waals surface area contributed by atoms with Crippen LogP contribution in [-0.4, -0.2) is 30.3 Å². The van der Waals surface area contributed by atoms with E-state index in [9.17, 15) is 0 Å². The molecule has 0 aromatic heterocycles. The second-order valence-electron chi connectivity index (χ2n) is 4.82. The SMILES string of the molecule is CC(C)[C@H]1O[C@H]1C1=NC(C)(C)CO1. The first kappa shape index (κ1) is 9.00. The van der Waals surface area contributed by atoms with Crippen LogP contribution in [0.4, 0.5) is 0 Å². The molecule has 3 heteroatoms. The summed E-state index contributed by atoms with van der Waals surface area (Å²) in [5, 5.41) is 0. The standard InChI is InChI=1S/C10H17NO2/c1-6(2)7-8(13-7)9-11-10(3,4)5-12-9/h6-8H,5H2,1-4H3/t7-,8-/m1/s1. The fraction of sp³-hybridized carbons (Fsp3) is 0.900. The number of ether oxygens (including phenoxy) is 2. The molecule has 74 valence electrons. The molecule has 2 aliphatic heterocycles. The topological polar surface area (TPSA) is 34.1 Å². The average molecular weight is 183 g/mol. The number of rotatable bonds is 2. The molecule has 1 fully saturated rings. The maximum atomic E-state index is 5.50. The van der Waals surface area contributed by atoms with E-state index < -0.39 is 0 Å². The van der Waals surface area contributed by atoms with Crippen LogP contribution >= 0.6 is 0 Å². The van der Waals surface area contributed by atoms with E-state index in [1.165, 1.54) is 0 Å². The quantitative estimate of drug-likeness (QED) is 0.609. The van der Waals surface area contributed by atoms with Gasteiger partial charge in [0.15, 0.2) is 6.10 Å². The van der Waals surface area contributed by atoms with Crippen LogP contribution in [0.3, 0.4) is 0 Å². The highest BCUT2D eigenvalue weighted by atomic mass is 16.6. The fourth-order valence-electron chi connectivity index (χ4n) is 1.59. The molecule has 0 radical (unpaired) electrons. The van der Waals surface area contributed by atoms with Crippen LogP contribution < -0.4 is 0 Å². The molecule has 0 amide bonds. The normalized spacial score (nSPS) is 35.9. The molecule has 2 atom stereocenters. The first-order chi connectivity index (χ1) is 5.99. The van der Waals surface area contributed by atoms with Crippen molar-refractivity contribution in [3.8, 4) is 0 Å². The zero-order valence-electron chi connectivity index (χ0n) is 8.70. The third kappa shape index (κ3) is 1.70. The van der Waals surface area contributed by atoms with Gasteiger partial charge in [-0.05, 0) is 19.8 Å². The largest absolute Gasteiger partial charge is 0.476 e. The summed E-state index contributed by atoms with van der Waals surface area (Å²) >= 11 is 0. The van der Waals surface area contributed by atoms with E-state index in [0.717, 1.165) is 5.90 Å². The molecule has 2 heterocycles. The Morgan fingerprint density at radius 2 is 2.15 bits per heavy atom. The van der Waals surface area contributed by atoms with Gasteiger partial charge in [-0.2, -0.15) is 0 Å². The van der Waals surface area contributed by atoms with Gasteiger partial charge in [-0.3, -0.25) is 0 Å². The molecule has 3 nitrogen and oxygen atoms in total. The van der Waals surface area contributed by atoms with Crippen molar-refractivity contribution in [2.45, 2.75) is 45.4 Å². The molecule has 0 N–H and O–H groups in total. The molecule has 0 aliphatic carbocycles. The molecule has 0 bridgehead atoms. The third-order valence-electron chi connectivity index (χ3n) is 2.41. The summed E-state index contributed by atoms with van der Waals surface area (Å²) in [7, 11) is 0. The van der Waals surface area contributed by atoms with Gasteiger partial charge in [-0.15, -0.1) is 0 Å².